The zero-order valence-electron chi connectivity index (χ0n) is 21.0. The Morgan fingerprint density at radius 1 is 1.26 bits per heavy atom. The van der Waals surface area contributed by atoms with Crippen LogP contribution in [0.3, 0.4) is 0 Å². The monoisotopic (exact) mass is 580 g/mol. The van der Waals surface area contributed by atoms with E-state index >= 15 is 0 Å². The van der Waals surface area contributed by atoms with Crippen LogP contribution in [0.25, 0.3) is 0 Å². The van der Waals surface area contributed by atoms with Crippen LogP contribution in [0, 0.1) is 23.4 Å². The van der Waals surface area contributed by atoms with Gasteiger partial charge in [0.05, 0.1) is 6.10 Å². The average molecular weight is 581 g/mol. The molecule has 2 heterocycles. The van der Waals surface area contributed by atoms with Gasteiger partial charge in [-0.15, -0.1) is 11.8 Å². The molecule has 2 aliphatic rings. The number of carboxylic acid groups (broad SMARTS) is 1. The molecule has 1 saturated heterocycles. The number of nitrogens with zero attached hydrogens (tertiary/aromatic N) is 2. The van der Waals surface area contributed by atoms with Gasteiger partial charge in [-0.1, -0.05) is 6.92 Å². The number of amides is 1. The predicted octanol–water partition coefficient (Wildman–Crippen LogP) is 1.51. The molecule has 5 atom stereocenters. The molecular weight excluding hydrogens is 549 g/mol. The van der Waals surface area contributed by atoms with E-state index in [1.165, 1.54) is 23.6 Å². The highest BCUT2D eigenvalue weighted by atomic mass is 32.2. The summed E-state index contributed by atoms with van der Waals surface area (Å²) in [7, 11) is -4.04. The molecule has 212 valence electrons. The minimum absolute atomic E-state index is 0.0350. The van der Waals surface area contributed by atoms with Gasteiger partial charge in [-0.3, -0.25) is 9.69 Å². The summed E-state index contributed by atoms with van der Waals surface area (Å²) in [6.07, 6.45) is -0.263. The van der Waals surface area contributed by atoms with E-state index < -0.39 is 63.6 Å². The summed E-state index contributed by atoms with van der Waals surface area (Å²) in [5.41, 5.74) is -0.0342. The Bertz CT molecular complexity index is 1210. The van der Waals surface area contributed by atoms with Gasteiger partial charge in [0.1, 0.15) is 5.70 Å². The van der Waals surface area contributed by atoms with E-state index in [2.05, 4.69) is 4.72 Å². The number of carbonyl (C=O) groups excluding carboxylic acids is 1. The number of thioether (sulfide) groups is 1. The molecule has 1 amide bonds. The van der Waals surface area contributed by atoms with E-state index in [4.69, 9.17) is 5.14 Å². The number of aliphatic hydroxyl groups is 1. The lowest BCUT2D eigenvalue weighted by Crippen LogP contribution is -2.42. The molecule has 5 N–H and O–H groups in total. The van der Waals surface area contributed by atoms with Gasteiger partial charge in [0.2, 0.25) is 5.91 Å². The largest absolute Gasteiger partial charge is 0.477 e. The Morgan fingerprint density at radius 3 is 2.37 bits per heavy atom. The van der Waals surface area contributed by atoms with Crippen LogP contribution in [0.15, 0.2) is 22.7 Å². The minimum atomic E-state index is -4.04. The number of nitrogens with one attached hydrogen (secondary N) is 1. The maximum absolute atomic E-state index is 13.8. The van der Waals surface area contributed by atoms with E-state index in [0.717, 1.165) is 12.1 Å². The predicted molar refractivity (Wildman–Crippen MR) is 134 cm³/mol. The van der Waals surface area contributed by atoms with Crippen LogP contribution < -0.4 is 9.86 Å². The van der Waals surface area contributed by atoms with Crippen molar-refractivity contribution in [2.45, 2.75) is 63.6 Å². The van der Waals surface area contributed by atoms with Crippen molar-refractivity contribution in [1.29, 1.82) is 0 Å². The number of nitrogens with two attached hydrogens (primary N) is 1. The van der Waals surface area contributed by atoms with Gasteiger partial charge in [-0.05, 0) is 37.5 Å². The number of aliphatic carboxylic acids is 1. The molecule has 3 rings (SSSR count). The first-order valence-electron chi connectivity index (χ1n) is 11.9. The Hall–Kier alpha value is -2.17. The van der Waals surface area contributed by atoms with Crippen LogP contribution in [0.2, 0.25) is 0 Å². The molecule has 10 nitrogen and oxygen atoms in total. The van der Waals surface area contributed by atoms with Crippen molar-refractivity contribution in [3.63, 3.8) is 0 Å². The van der Waals surface area contributed by atoms with Crippen LogP contribution >= 0.6 is 11.8 Å². The zero-order chi connectivity index (χ0) is 28.5. The average Bonchev–Trinajstić information content (AvgIpc) is 3.28. The van der Waals surface area contributed by atoms with E-state index in [0.29, 0.717) is 11.3 Å². The first-order chi connectivity index (χ1) is 17.6. The molecule has 0 spiro atoms. The second-order valence-corrected chi connectivity index (χ2v) is 12.4. The lowest BCUT2D eigenvalue weighted by Gasteiger charge is -2.28. The molecule has 0 aliphatic carbocycles. The summed E-state index contributed by atoms with van der Waals surface area (Å²) in [4.78, 5) is 28.0. The summed E-state index contributed by atoms with van der Waals surface area (Å²) in [5.74, 6) is -6.47. The fourth-order valence-electron chi connectivity index (χ4n) is 5.07. The lowest BCUT2D eigenvalue weighted by atomic mass is 9.98. The highest BCUT2D eigenvalue weighted by molar-refractivity contribution is 8.03. The van der Waals surface area contributed by atoms with Crippen LogP contribution in [0.5, 0.6) is 0 Å². The number of halogens is 3. The molecule has 38 heavy (non-hydrogen) atoms. The molecule has 1 aromatic rings. The molecular formula is C23H31F3N4O6S2. The zero-order valence-corrected chi connectivity index (χ0v) is 22.7. The van der Waals surface area contributed by atoms with Crippen molar-refractivity contribution in [1.82, 2.24) is 14.5 Å². The van der Waals surface area contributed by atoms with Gasteiger partial charge in [0.25, 0.3) is 10.2 Å². The number of carbonyl (C=O) groups is 2. The van der Waals surface area contributed by atoms with E-state index in [-0.39, 0.29) is 42.6 Å². The Labute approximate surface area is 223 Å². The Balaban J connectivity index is 1.89. The first kappa shape index (κ1) is 30.4. The molecule has 0 unspecified atom stereocenters. The highest BCUT2D eigenvalue weighted by Gasteiger charge is 2.45. The van der Waals surface area contributed by atoms with Crippen molar-refractivity contribution in [3.8, 4) is 0 Å². The van der Waals surface area contributed by atoms with Crippen molar-refractivity contribution in [2.75, 3.05) is 13.1 Å². The van der Waals surface area contributed by atoms with Gasteiger partial charge in [0, 0.05) is 54.7 Å². The minimum Gasteiger partial charge on any atom is -0.477 e. The van der Waals surface area contributed by atoms with Crippen molar-refractivity contribution < 1.29 is 41.4 Å². The summed E-state index contributed by atoms with van der Waals surface area (Å²) in [5, 5.41) is 24.7. The number of carboxylic acids is 1. The number of hydrogen-bond donors (Lipinski definition) is 4. The lowest BCUT2D eigenvalue weighted by molar-refractivity contribution is -0.140. The Morgan fingerprint density at radius 2 is 1.87 bits per heavy atom. The maximum atomic E-state index is 13.8. The molecule has 15 heteroatoms. The van der Waals surface area contributed by atoms with E-state index in [9.17, 15) is 41.4 Å². The fraction of sp³-hybridized carbons (Fsp3) is 0.565. The van der Waals surface area contributed by atoms with E-state index in [1.54, 1.807) is 18.7 Å². The molecule has 1 aromatic carbocycles. The molecule has 0 bridgehead atoms. The number of benzene rings is 1. The number of aliphatic hydroxyl groups excluding tert-OH is 1. The Kier molecular flexibility index (Phi) is 9.53. The van der Waals surface area contributed by atoms with Crippen molar-refractivity contribution in [2.24, 2.45) is 11.1 Å². The van der Waals surface area contributed by atoms with Gasteiger partial charge < -0.3 is 15.1 Å². The third-order valence-electron chi connectivity index (χ3n) is 6.65. The molecule has 0 saturated carbocycles. The normalized spacial score (nSPS) is 25.3. The number of rotatable bonds is 10. The summed E-state index contributed by atoms with van der Waals surface area (Å²) >= 11 is 1.24. The second kappa shape index (κ2) is 11.9. The standard InChI is InChI=1S/C23H31F3N4O6S2/c1-11(31)4-19-12(2)22(21(23(33)34)30(19)13(3)32)37-16-7-15(8-28-38(27,35)36)29(10-16)9-14-5-17(24)20(26)18(25)6-14/h5-6,11-12,15-16,19,28,31H,4,7-10H2,1-3H3,(H,33,34)(H2,27,35,36)/t11-,12-,15+,16+,19+/m1/s1. The quantitative estimate of drug-likeness (QED) is 0.304. The fourth-order valence-corrected chi connectivity index (χ4v) is 7.11. The van der Waals surface area contributed by atoms with Crippen molar-refractivity contribution >= 4 is 33.8 Å². The third-order valence-corrected chi connectivity index (χ3v) is 8.72. The summed E-state index contributed by atoms with van der Waals surface area (Å²) in [6.45, 7) is 4.70. The molecule has 0 aromatic heterocycles. The van der Waals surface area contributed by atoms with Gasteiger partial charge in [0.15, 0.2) is 17.5 Å². The third kappa shape index (κ3) is 7.07. The van der Waals surface area contributed by atoms with Crippen LogP contribution in [-0.4, -0.2) is 76.8 Å². The number of hydrogen-bond acceptors (Lipinski definition) is 7. The van der Waals surface area contributed by atoms with Crippen LogP contribution in [0.4, 0.5) is 13.2 Å². The van der Waals surface area contributed by atoms with Gasteiger partial charge >= 0.3 is 5.97 Å². The summed E-state index contributed by atoms with van der Waals surface area (Å²) < 4.78 is 66.2. The van der Waals surface area contributed by atoms with Crippen LogP contribution in [-0.2, 0) is 26.3 Å². The highest BCUT2D eigenvalue weighted by Crippen LogP contribution is 2.46. The maximum Gasteiger partial charge on any atom is 0.353 e. The van der Waals surface area contributed by atoms with Crippen molar-refractivity contribution in [3.05, 3.63) is 45.8 Å². The van der Waals surface area contributed by atoms with E-state index in [1.807, 2.05) is 0 Å². The smallest absolute Gasteiger partial charge is 0.353 e. The molecule has 0 radical (unpaired) electrons. The topological polar surface area (TPSA) is 153 Å². The first-order valence-corrected chi connectivity index (χ1v) is 14.3. The molecule has 2 aliphatic heterocycles. The van der Waals surface area contributed by atoms with Gasteiger partial charge in [-0.2, -0.15) is 8.42 Å². The summed E-state index contributed by atoms with van der Waals surface area (Å²) in [6, 6.07) is 0.672. The SMILES string of the molecule is CC(=O)N1C(C(=O)O)=C(S[C@H]2C[C@@H](CNS(N)(=O)=O)N(Cc3cc(F)c(F)c(F)c3)C2)[C@H](C)[C@@H]1C[C@@H](C)O. The second-order valence-electron chi connectivity index (χ2n) is 9.67. The van der Waals surface area contributed by atoms with Crippen LogP contribution in [0.1, 0.15) is 39.2 Å². The van der Waals surface area contributed by atoms with Gasteiger partial charge in [-0.25, -0.2) is 27.8 Å². The number of likely N-dealkylation sites (tertiary alicyclic amines) is 1. The molecule has 1 fully saturated rings.